The Bertz CT molecular complexity index is 3940. The average molecular weight is 881 g/mol. The number of anilines is 3. The summed E-state index contributed by atoms with van der Waals surface area (Å²) in [7, 11) is 0. The molecule has 0 aliphatic heterocycles. The zero-order valence-electron chi connectivity index (χ0n) is 38.4. The molecule has 13 rings (SSSR count). The maximum absolute atomic E-state index is 2.45. The van der Waals surface area contributed by atoms with Gasteiger partial charge in [0.2, 0.25) is 0 Å². The highest BCUT2D eigenvalue weighted by Crippen LogP contribution is 2.45. The van der Waals surface area contributed by atoms with E-state index in [0.717, 1.165) is 28.3 Å². The summed E-state index contributed by atoms with van der Waals surface area (Å²) in [6.45, 7) is 2.34. The number of nitrogens with zero attached hydrogens (tertiary/aromatic N) is 2. The molecule has 11 aromatic rings. The van der Waals surface area contributed by atoms with E-state index in [1.165, 1.54) is 87.5 Å². The third kappa shape index (κ3) is 7.03. The van der Waals surface area contributed by atoms with Crippen LogP contribution in [-0.4, -0.2) is 4.57 Å². The van der Waals surface area contributed by atoms with Crippen molar-refractivity contribution in [2.24, 2.45) is 11.8 Å². The number of para-hydroxylation sites is 2. The number of aromatic nitrogens is 1. The van der Waals surface area contributed by atoms with Crippen LogP contribution in [0.15, 0.2) is 255 Å². The third-order valence-electron chi connectivity index (χ3n) is 14.5. The minimum atomic E-state index is 0.438. The summed E-state index contributed by atoms with van der Waals surface area (Å²) in [5.41, 5.74) is 17.8. The first kappa shape index (κ1) is 40.5. The molecule has 0 radical (unpaired) electrons. The number of fused-ring (bicyclic) bond motifs is 6. The standard InChI is InChI=1S/C67H48N2/c1-45-42-52-43-50(34-39-60(52)63-26-11-10-24-57(45)63)46-30-35-54(36-31-46)68(55-37-32-49(33-38-55)59-28-15-19-47-18-8-9-25-58(47)59)56-23-14-20-51(44-56)61-40-41-62(48-16-4-2-5-17-48)67-66(61)64-27-12-13-29-65(64)69(67)53-21-6-3-7-22-53/h2-45,57H,1H3/t45-,57-/m0/s1. The predicted molar refractivity (Wildman–Crippen MR) is 293 cm³/mol. The number of hydrogen-bond acceptors (Lipinski definition) is 1. The lowest BCUT2D eigenvalue weighted by Gasteiger charge is -2.27. The molecule has 2 nitrogen and oxygen atoms in total. The molecule has 2 aliphatic carbocycles. The Kier molecular flexibility index (Phi) is 9.91. The Balaban J connectivity index is 0.965. The zero-order valence-corrected chi connectivity index (χ0v) is 38.4. The molecule has 0 N–H and O–H groups in total. The number of rotatable bonds is 8. The van der Waals surface area contributed by atoms with Crippen molar-refractivity contribution >= 4 is 61.3 Å². The summed E-state index contributed by atoms with van der Waals surface area (Å²) >= 11 is 0. The molecule has 2 heteroatoms. The molecule has 1 aromatic heterocycles. The van der Waals surface area contributed by atoms with E-state index >= 15 is 0 Å². The molecule has 69 heavy (non-hydrogen) atoms. The van der Waals surface area contributed by atoms with Crippen LogP contribution in [0.1, 0.15) is 6.92 Å². The topological polar surface area (TPSA) is 8.17 Å². The van der Waals surface area contributed by atoms with Crippen LogP contribution < -0.4 is 15.3 Å². The van der Waals surface area contributed by atoms with Crippen molar-refractivity contribution in [3.8, 4) is 50.2 Å². The van der Waals surface area contributed by atoms with E-state index in [1.807, 2.05) is 0 Å². The van der Waals surface area contributed by atoms with Crippen LogP contribution in [0.2, 0.25) is 0 Å². The predicted octanol–water partition coefficient (Wildman–Crippen LogP) is 16.4. The number of allylic oxidation sites excluding steroid dienone is 4. The Labute approximate surface area is 403 Å². The molecule has 0 saturated heterocycles. The molecule has 2 aliphatic rings. The summed E-state index contributed by atoms with van der Waals surface area (Å²) < 4.78 is 2.45. The molecule has 2 atom stereocenters. The maximum Gasteiger partial charge on any atom is 0.0625 e. The zero-order chi connectivity index (χ0) is 45.8. The van der Waals surface area contributed by atoms with Gasteiger partial charge in [0.05, 0.1) is 11.0 Å². The van der Waals surface area contributed by atoms with E-state index in [0.29, 0.717) is 11.8 Å². The molecule has 1 heterocycles. The van der Waals surface area contributed by atoms with Gasteiger partial charge in [-0.05, 0) is 132 Å². The quantitative estimate of drug-likeness (QED) is 0.148. The molecular formula is C67H48N2. The first-order valence-corrected chi connectivity index (χ1v) is 24.1. The van der Waals surface area contributed by atoms with Crippen LogP contribution in [0, 0.1) is 11.8 Å². The van der Waals surface area contributed by atoms with Gasteiger partial charge in [-0.2, -0.15) is 0 Å². The summed E-state index contributed by atoms with van der Waals surface area (Å²) in [6.07, 6.45) is 11.4. The Morgan fingerprint density at radius 3 is 1.88 bits per heavy atom. The van der Waals surface area contributed by atoms with Crippen LogP contribution in [0.5, 0.6) is 0 Å². The smallest absolute Gasteiger partial charge is 0.0625 e. The van der Waals surface area contributed by atoms with Gasteiger partial charge in [0.25, 0.3) is 0 Å². The molecule has 10 aromatic carbocycles. The van der Waals surface area contributed by atoms with Crippen molar-refractivity contribution in [2.45, 2.75) is 6.92 Å². The lowest BCUT2D eigenvalue weighted by atomic mass is 9.79. The second kappa shape index (κ2) is 16.9. The SMILES string of the molecule is C[C@H]1C=c2cc(-c3ccc(N(c4ccc(-c5cccc6ccccc56)cc4)c4cccc(-c5ccc(-c6ccccc6)c6c5c5ccccc5n6-c5ccccc5)c4)cc3)ccc2=C2C=CC=C[C@H]21. The van der Waals surface area contributed by atoms with Crippen LogP contribution in [0.4, 0.5) is 17.1 Å². The van der Waals surface area contributed by atoms with Gasteiger partial charge >= 0.3 is 0 Å². The van der Waals surface area contributed by atoms with Crippen molar-refractivity contribution in [2.75, 3.05) is 4.90 Å². The highest BCUT2D eigenvalue weighted by Gasteiger charge is 2.23. The van der Waals surface area contributed by atoms with Crippen molar-refractivity contribution in [1.82, 2.24) is 4.57 Å². The second-order valence-electron chi connectivity index (χ2n) is 18.5. The van der Waals surface area contributed by atoms with Gasteiger partial charge in [0, 0.05) is 45.0 Å². The van der Waals surface area contributed by atoms with E-state index in [9.17, 15) is 0 Å². The highest BCUT2D eigenvalue weighted by atomic mass is 15.1. The number of benzene rings is 10. The van der Waals surface area contributed by atoms with Gasteiger partial charge in [-0.3, -0.25) is 0 Å². The van der Waals surface area contributed by atoms with E-state index in [4.69, 9.17) is 0 Å². The van der Waals surface area contributed by atoms with Crippen molar-refractivity contribution in [3.63, 3.8) is 0 Å². The monoisotopic (exact) mass is 880 g/mol. The lowest BCUT2D eigenvalue weighted by molar-refractivity contribution is 0.649. The Morgan fingerprint density at radius 2 is 1.07 bits per heavy atom. The van der Waals surface area contributed by atoms with Crippen molar-refractivity contribution in [3.05, 3.63) is 265 Å². The van der Waals surface area contributed by atoms with Gasteiger partial charge in [-0.15, -0.1) is 0 Å². The van der Waals surface area contributed by atoms with E-state index in [1.54, 1.807) is 0 Å². The molecule has 326 valence electrons. The second-order valence-corrected chi connectivity index (χ2v) is 18.5. The fourth-order valence-corrected chi connectivity index (χ4v) is 11.2. The van der Waals surface area contributed by atoms with Crippen molar-refractivity contribution < 1.29 is 0 Å². The van der Waals surface area contributed by atoms with Crippen LogP contribution in [0.3, 0.4) is 0 Å². The fourth-order valence-electron chi connectivity index (χ4n) is 11.2. The Hall–Kier alpha value is -8.72. The fraction of sp³-hybridized carbons (Fsp3) is 0.0448. The van der Waals surface area contributed by atoms with Crippen LogP contribution in [0.25, 0.3) is 94.4 Å². The van der Waals surface area contributed by atoms with Crippen LogP contribution >= 0.6 is 0 Å². The van der Waals surface area contributed by atoms with Crippen LogP contribution in [-0.2, 0) is 0 Å². The molecule has 0 saturated carbocycles. The van der Waals surface area contributed by atoms with E-state index < -0.39 is 0 Å². The average Bonchev–Trinajstić information content (AvgIpc) is 3.77. The Morgan fingerprint density at radius 1 is 0.435 bits per heavy atom. The third-order valence-corrected chi connectivity index (χ3v) is 14.5. The first-order valence-electron chi connectivity index (χ1n) is 24.1. The summed E-state index contributed by atoms with van der Waals surface area (Å²) in [5.74, 6) is 0.885. The highest BCUT2D eigenvalue weighted by molar-refractivity contribution is 6.19. The normalized spacial score (nSPS) is 15.0. The van der Waals surface area contributed by atoms with Gasteiger partial charge in [-0.1, -0.05) is 207 Å². The van der Waals surface area contributed by atoms with Gasteiger partial charge < -0.3 is 9.47 Å². The van der Waals surface area contributed by atoms with Gasteiger partial charge in [0.15, 0.2) is 0 Å². The maximum atomic E-state index is 2.45. The molecule has 0 spiro atoms. The minimum Gasteiger partial charge on any atom is -0.310 e. The van der Waals surface area contributed by atoms with Crippen molar-refractivity contribution in [1.29, 1.82) is 0 Å². The number of hydrogen-bond donors (Lipinski definition) is 0. The molecule has 0 fully saturated rings. The minimum absolute atomic E-state index is 0.438. The van der Waals surface area contributed by atoms with Gasteiger partial charge in [0.1, 0.15) is 0 Å². The summed E-state index contributed by atoms with van der Waals surface area (Å²) in [4.78, 5) is 2.41. The molecular weight excluding hydrogens is 833 g/mol. The largest absolute Gasteiger partial charge is 0.310 e. The molecule has 0 bridgehead atoms. The lowest BCUT2D eigenvalue weighted by Crippen LogP contribution is -2.35. The van der Waals surface area contributed by atoms with E-state index in [-0.39, 0.29) is 0 Å². The molecule has 0 unspecified atom stereocenters. The summed E-state index contributed by atoms with van der Waals surface area (Å²) in [6, 6.07) is 84.7. The first-order chi connectivity index (χ1) is 34.1. The molecule has 0 amide bonds. The van der Waals surface area contributed by atoms with E-state index in [2.05, 4.69) is 277 Å². The summed E-state index contributed by atoms with van der Waals surface area (Å²) in [5, 5.41) is 7.63. The van der Waals surface area contributed by atoms with Gasteiger partial charge in [-0.25, -0.2) is 0 Å².